The van der Waals surface area contributed by atoms with E-state index in [1.807, 2.05) is 0 Å². The number of esters is 1. The van der Waals surface area contributed by atoms with E-state index >= 15 is 0 Å². The van der Waals surface area contributed by atoms with Crippen molar-refractivity contribution in [2.24, 2.45) is 0 Å². The fourth-order valence-corrected chi connectivity index (χ4v) is 1.38. The lowest BCUT2D eigenvalue weighted by molar-refractivity contribution is 0.0497. The van der Waals surface area contributed by atoms with Crippen LogP contribution in [0.1, 0.15) is 36.0 Å². The summed E-state index contributed by atoms with van der Waals surface area (Å²) in [5.41, 5.74) is 0.0116. The summed E-state index contributed by atoms with van der Waals surface area (Å²) in [4.78, 5) is 11.5. The number of benzene rings is 1. The smallest absolute Gasteiger partial charge is 0.338 e. The number of halogens is 2. The van der Waals surface area contributed by atoms with Gasteiger partial charge >= 0.3 is 5.97 Å². The summed E-state index contributed by atoms with van der Waals surface area (Å²) in [5.74, 6) is -0.170. The number of rotatable bonds is 6. The number of ether oxygens (including phenoxy) is 1. The lowest BCUT2D eigenvalue weighted by Crippen LogP contribution is -2.07. The summed E-state index contributed by atoms with van der Waals surface area (Å²) >= 11 is 0. The van der Waals surface area contributed by atoms with E-state index in [0.717, 1.165) is 25.0 Å². The molecule has 0 radical (unpaired) electrons. The summed E-state index contributed by atoms with van der Waals surface area (Å²) in [6.07, 6.45) is 8.26. The molecule has 1 rings (SSSR count). The highest BCUT2D eigenvalue weighted by Crippen LogP contribution is 2.10. The van der Waals surface area contributed by atoms with E-state index in [1.54, 1.807) is 0 Å². The normalized spacial score (nSPS) is 9.83. The van der Waals surface area contributed by atoms with Crippen molar-refractivity contribution in [2.75, 3.05) is 6.61 Å². The van der Waals surface area contributed by atoms with E-state index in [-0.39, 0.29) is 12.2 Å². The Kier molecular flexibility index (Phi) is 5.86. The van der Waals surface area contributed by atoms with Gasteiger partial charge in [-0.05, 0) is 37.5 Å². The van der Waals surface area contributed by atoms with Crippen LogP contribution >= 0.6 is 0 Å². The van der Waals surface area contributed by atoms with Crippen LogP contribution in [0.5, 0.6) is 0 Å². The zero-order valence-corrected chi connectivity index (χ0v) is 9.92. The molecule has 0 aromatic heterocycles. The Labute approximate surface area is 105 Å². The first-order valence-electron chi connectivity index (χ1n) is 5.71. The molecule has 0 saturated carbocycles. The SMILES string of the molecule is C#CCCCCCOC(=O)c1ccc(F)c(F)c1. The maximum absolute atomic E-state index is 12.9. The van der Waals surface area contributed by atoms with Gasteiger partial charge in [0.15, 0.2) is 11.6 Å². The number of carbonyl (C=O) groups is 1. The predicted molar refractivity (Wildman–Crippen MR) is 63.9 cm³/mol. The van der Waals surface area contributed by atoms with Crippen LogP contribution in [-0.4, -0.2) is 12.6 Å². The van der Waals surface area contributed by atoms with Crippen LogP contribution < -0.4 is 0 Å². The second-order valence-electron chi connectivity index (χ2n) is 3.78. The van der Waals surface area contributed by atoms with Gasteiger partial charge in [-0.1, -0.05) is 0 Å². The lowest BCUT2D eigenvalue weighted by Gasteiger charge is -2.04. The van der Waals surface area contributed by atoms with Gasteiger partial charge in [-0.2, -0.15) is 0 Å². The van der Waals surface area contributed by atoms with Crippen LogP contribution in [0.2, 0.25) is 0 Å². The van der Waals surface area contributed by atoms with Gasteiger partial charge in [0.2, 0.25) is 0 Å². The first-order valence-corrected chi connectivity index (χ1v) is 5.71. The van der Waals surface area contributed by atoms with E-state index in [4.69, 9.17) is 11.2 Å². The molecular formula is C14H14F2O2. The molecule has 0 bridgehead atoms. The number of unbranched alkanes of at least 4 members (excludes halogenated alkanes) is 3. The molecule has 4 heteroatoms. The molecular weight excluding hydrogens is 238 g/mol. The minimum atomic E-state index is -1.06. The molecule has 96 valence electrons. The molecule has 0 spiro atoms. The lowest BCUT2D eigenvalue weighted by atomic mass is 10.2. The summed E-state index contributed by atoms with van der Waals surface area (Å²) in [5, 5.41) is 0. The van der Waals surface area contributed by atoms with Gasteiger partial charge in [-0.25, -0.2) is 13.6 Å². The van der Waals surface area contributed by atoms with Crippen LogP contribution in [0.25, 0.3) is 0 Å². The summed E-state index contributed by atoms with van der Waals surface area (Å²) in [6, 6.07) is 2.92. The molecule has 0 saturated heterocycles. The molecule has 0 unspecified atom stereocenters. The summed E-state index contributed by atoms with van der Waals surface area (Å²) in [6.45, 7) is 0.252. The van der Waals surface area contributed by atoms with Crippen molar-refractivity contribution in [3.63, 3.8) is 0 Å². The van der Waals surface area contributed by atoms with Crippen molar-refractivity contribution in [1.82, 2.24) is 0 Å². The standard InChI is InChI=1S/C14H14F2O2/c1-2-3-4-5-6-9-18-14(17)11-7-8-12(15)13(16)10-11/h1,7-8,10H,3-6,9H2. The average Bonchev–Trinajstić information content (AvgIpc) is 2.36. The van der Waals surface area contributed by atoms with E-state index in [2.05, 4.69) is 5.92 Å². The third-order valence-corrected chi connectivity index (χ3v) is 2.35. The Morgan fingerprint density at radius 2 is 2.00 bits per heavy atom. The number of carbonyl (C=O) groups excluding carboxylic acids is 1. The third-order valence-electron chi connectivity index (χ3n) is 2.35. The zero-order chi connectivity index (χ0) is 13.4. The van der Waals surface area contributed by atoms with E-state index in [1.165, 1.54) is 6.07 Å². The van der Waals surface area contributed by atoms with Gasteiger partial charge < -0.3 is 4.74 Å². The topological polar surface area (TPSA) is 26.3 Å². The van der Waals surface area contributed by atoms with Crippen molar-refractivity contribution in [2.45, 2.75) is 25.7 Å². The van der Waals surface area contributed by atoms with E-state index < -0.39 is 17.6 Å². The molecule has 0 fully saturated rings. The van der Waals surface area contributed by atoms with Crippen molar-refractivity contribution in [3.8, 4) is 12.3 Å². The van der Waals surface area contributed by atoms with Gasteiger partial charge in [-0.15, -0.1) is 12.3 Å². The fourth-order valence-electron chi connectivity index (χ4n) is 1.38. The highest BCUT2D eigenvalue weighted by molar-refractivity contribution is 5.89. The van der Waals surface area contributed by atoms with Crippen molar-refractivity contribution in [1.29, 1.82) is 0 Å². The first-order chi connectivity index (χ1) is 8.65. The molecule has 0 aliphatic heterocycles. The average molecular weight is 252 g/mol. The Morgan fingerprint density at radius 3 is 2.67 bits per heavy atom. The second-order valence-corrected chi connectivity index (χ2v) is 3.78. The molecule has 0 aliphatic rings. The second kappa shape index (κ2) is 7.44. The van der Waals surface area contributed by atoms with Gasteiger partial charge in [0.05, 0.1) is 12.2 Å². The van der Waals surface area contributed by atoms with Crippen molar-refractivity contribution < 1.29 is 18.3 Å². The number of hydrogen-bond acceptors (Lipinski definition) is 2. The first kappa shape index (κ1) is 14.2. The Morgan fingerprint density at radius 1 is 1.22 bits per heavy atom. The Bertz CT molecular complexity index is 450. The van der Waals surface area contributed by atoms with Crippen LogP contribution in [-0.2, 0) is 4.74 Å². The molecule has 0 N–H and O–H groups in total. The molecule has 0 atom stereocenters. The maximum atomic E-state index is 12.9. The van der Waals surface area contributed by atoms with Crippen molar-refractivity contribution in [3.05, 3.63) is 35.4 Å². The molecule has 0 aliphatic carbocycles. The maximum Gasteiger partial charge on any atom is 0.338 e. The van der Waals surface area contributed by atoms with Crippen LogP contribution in [0.3, 0.4) is 0 Å². The summed E-state index contributed by atoms with van der Waals surface area (Å²) in [7, 11) is 0. The quantitative estimate of drug-likeness (QED) is 0.441. The fraction of sp³-hybridized carbons (Fsp3) is 0.357. The Balaban J connectivity index is 2.32. The number of terminal acetylenes is 1. The monoisotopic (exact) mass is 252 g/mol. The van der Waals surface area contributed by atoms with Gasteiger partial charge in [0.1, 0.15) is 0 Å². The largest absolute Gasteiger partial charge is 0.462 e. The number of hydrogen-bond donors (Lipinski definition) is 0. The molecule has 1 aromatic rings. The van der Waals surface area contributed by atoms with Gasteiger partial charge in [0.25, 0.3) is 0 Å². The minimum absolute atomic E-state index is 0.0116. The van der Waals surface area contributed by atoms with Gasteiger partial charge in [-0.3, -0.25) is 0 Å². The predicted octanol–water partition coefficient (Wildman–Crippen LogP) is 3.32. The van der Waals surface area contributed by atoms with Crippen molar-refractivity contribution >= 4 is 5.97 Å². The highest BCUT2D eigenvalue weighted by atomic mass is 19.2. The highest BCUT2D eigenvalue weighted by Gasteiger charge is 2.10. The van der Waals surface area contributed by atoms with E-state index in [9.17, 15) is 13.6 Å². The molecule has 2 nitrogen and oxygen atoms in total. The van der Waals surface area contributed by atoms with E-state index in [0.29, 0.717) is 12.8 Å². The zero-order valence-electron chi connectivity index (χ0n) is 9.92. The van der Waals surface area contributed by atoms with Crippen LogP contribution in [0, 0.1) is 24.0 Å². The van der Waals surface area contributed by atoms with Gasteiger partial charge in [0, 0.05) is 6.42 Å². The molecule has 0 amide bonds. The van der Waals surface area contributed by atoms with Crippen LogP contribution in [0.4, 0.5) is 8.78 Å². The summed E-state index contributed by atoms with van der Waals surface area (Å²) < 4.78 is 30.4. The third kappa shape index (κ3) is 4.54. The molecule has 1 aromatic carbocycles. The minimum Gasteiger partial charge on any atom is -0.462 e. The molecule has 0 heterocycles. The Hall–Kier alpha value is -1.89. The van der Waals surface area contributed by atoms with Crippen LogP contribution in [0.15, 0.2) is 18.2 Å². The molecule has 18 heavy (non-hydrogen) atoms.